The van der Waals surface area contributed by atoms with Crippen molar-refractivity contribution < 1.29 is 9.53 Å². The minimum absolute atomic E-state index is 0.0455. The van der Waals surface area contributed by atoms with Crippen LogP contribution >= 0.6 is 11.6 Å². The lowest BCUT2D eigenvalue weighted by Gasteiger charge is -2.40. The van der Waals surface area contributed by atoms with Crippen LogP contribution < -0.4 is 4.74 Å². The fraction of sp³-hybridized carbons (Fsp3) is 0.588. The molecule has 1 saturated carbocycles. The second kappa shape index (κ2) is 6.69. The average Bonchev–Trinajstić information content (AvgIpc) is 2.48. The van der Waals surface area contributed by atoms with Gasteiger partial charge in [-0.25, -0.2) is 0 Å². The monoisotopic (exact) mass is 307 g/mol. The second-order valence-corrected chi connectivity index (χ2v) is 6.36. The third kappa shape index (κ3) is 3.18. The summed E-state index contributed by atoms with van der Waals surface area (Å²) < 4.78 is 5.77. The van der Waals surface area contributed by atoms with E-state index in [1.165, 1.54) is 6.42 Å². The van der Waals surface area contributed by atoms with E-state index in [1.54, 1.807) is 0 Å². The van der Waals surface area contributed by atoms with Gasteiger partial charge in [-0.3, -0.25) is 4.79 Å². The number of carbonyl (C=O) groups is 1. The Hall–Kier alpha value is -1.22. The van der Waals surface area contributed by atoms with Gasteiger partial charge in [0.05, 0.1) is 5.92 Å². The Bertz CT molecular complexity index is 501. The average molecular weight is 308 g/mol. The van der Waals surface area contributed by atoms with Gasteiger partial charge in [-0.05, 0) is 43.7 Å². The summed E-state index contributed by atoms with van der Waals surface area (Å²) >= 11 is 5.81. The van der Waals surface area contributed by atoms with Crippen LogP contribution in [0.15, 0.2) is 24.3 Å². The number of para-hydroxylation sites is 1. The minimum Gasteiger partial charge on any atom is -0.492 e. The molecule has 1 heterocycles. The van der Waals surface area contributed by atoms with E-state index in [9.17, 15) is 4.79 Å². The first-order valence-electron chi connectivity index (χ1n) is 7.86. The molecule has 0 N–H and O–H groups in total. The van der Waals surface area contributed by atoms with Gasteiger partial charge in [0, 0.05) is 18.5 Å². The molecule has 1 aromatic carbocycles. The Balaban J connectivity index is 1.68. The highest BCUT2D eigenvalue weighted by atomic mass is 35.5. The van der Waals surface area contributed by atoms with Gasteiger partial charge in [0.2, 0.25) is 5.91 Å². The van der Waals surface area contributed by atoms with Gasteiger partial charge in [-0.15, -0.1) is 11.6 Å². The molecule has 1 unspecified atom stereocenters. The summed E-state index contributed by atoms with van der Waals surface area (Å²) in [5, 5.41) is 0. The van der Waals surface area contributed by atoms with Crippen molar-refractivity contribution in [2.45, 2.75) is 38.1 Å². The SMILES string of the molecule is O=C(C1COc2ccccc2C1)N(CCCCl)C1CCC1. The summed E-state index contributed by atoms with van der Waals surface area (Å²) in [4.78, 5) is 14.9. The lowest BCUT2D eigenvalue weighted by molar-refractivity contribution is -0.141. The van der Waals surface area contributed by atoms with Crippen LogP contribution in [0.5, 0.6) is 5.75 Å². The zero-order valence-electron chi connectivity index (χ0n) is 12.3. The predicted octanol–water partition coefficient (Wildman–Crippen LogP) is 3.25. The number of carbonyl (C=O) groups excluding carboxylic acids is 1. The number of fused-ring (bicyclic) bond motifs is 1. The van der Waals surface area contributed by atoms with Crippen LogP contribution in [0.4, 0.5) is 0 Å². The van der Waals surface area contributed by atoms with Gasteiger partial charge < -0.3 is 9.64 Å². The highest BCUT2D eigenvalue weighted by Crippen LogP contribution is 2.31. The lowest BCUT2D eigenvalue weighted by atomic mass is 9.88. The van der Waals surface area contributed by atoms with Crippen molar-refractivity contribution in [1.82, 2.24) is 4.90 Å². The van der Waals surface area contributed by atoms with Crippen molar-refractivity contribution in [3.63, 3.8) is 0 Å². The summed E-state index contributed by atoms with van der Waals surface area (Å²) in [6, 6.07) is 8.45. The molecule has 1 atom stereocenters. The van der Waals surface area contributed by atoms with Crippen molar-refractivity contribution >= 4 is 17.5 Å². The third-order valence-electron chi connectivity index (χ3n) is 4.56. The number of nitrogens with zero attached hydrogens (tertiary/aromatic N) is 1. The molecule has 4 heteroatoms. The topological polar surface area (TPSA) is 29.5 Å². The van der Waals surface area contributed by atoms with Crippen molar-refractivity contribution in [2.24, 2.45) is 5.92 Å². The Labute approximate surface area is 131 Å². The van der Waals surface area contributed by atoms with Gasteiger partial charge in [0.25, 0.3) is 0 Å². The molecule has 1 aliphatic heterocycles. The van der Waals surface area contributed by atoms with E-state index in [0.29, 0.717) is 18.5 Å². The van der Waals surface area contributed by atoms with E-state index >= 15 is 0 Å². The summed E-state index contributed by atoms with van der Waals surface area (Å²) in [5.74, 6) is 1.74. The number of alkyl halides is 1. The van der Waals surface area contributed by atoms with E-state index in [0.717, 1.165) is 43.5 Å². The molecule has 2 aliphatic rings. The first-order valence-corrected chi connectivity index (χ1v) is 8.40. The van der Waals surface area contributed by atoms with E-state index in [-0.39, 0.29) is 11.8 Å². The first-order chi connectivity index (χ1) is 10.3. The highest BCUT2D eigenvalue weighted by molar-refractivity contribution is 6.17. The molecule has 3 nitrogen and oxygen atoms in total. The smallest absolute Gasteiger partial charge is 0.229 e. The van der Waals surface area contributed by atoms with Crippen molar-refractivity contribution in [1.29, 1.82) is 0 Å². The molecular weight excluding hydrogens is 286 g/mol. The number of hydrogen-bond donors (Lipinski definition) is 0. The summed E-state index contributed by atoms with van der Waals surface area (Å²) in [6.45, 7) is 1.28. The quantitative estimate of drug-likeness (QED) is 0.782. The second-order valence-electron chi connectivity index (χ2n) is 5.98. The molecule has 0 aromatic heterocycles. The zero-order chi connectivity index (χ0) is 14.7. The van der Waals surface area contributed by atoms with Crippen LogP contribution in [0, 0.1) is 5.92 Å². The molecule has 3 rings (SSSR count). The number of halogens is 1. The number of benzene rings is 1. The Kier molecular flexibility index (Phi) is 4.69. The summed E-state index contributed by atoms with van der Waals surface area (Å²) in [7, 11) is 0. The van der Waals surface area contributed by atoms with Gasteiger partial charge in [-0.1, -0.05) is 18.2 Å². The van der Waals surface area contributed by atoms with Crippen LogP contribution in [0.1, 0.15) is 31.2 Å². The normalized spacial score (nSPS) is 21.1. The first kappa shape index (κ1) is 14.7. The van der Waals surface area contributed by atoms with Crippen molar-refractivity contribution in [3.8, 4) is 5.75 Å². The third-order valence-corrected chi connectivity index (χ3v) is 4.83. The van der Waals surface area contributed by atoms with E-state index < -0.39 is 0 Å². The molecule has 1 fully saturated rings. The maximum Gasteiger partial charge on any atom is 0.229 e. The molecule has 1 aromatic rings. The maximum absolute atomic E-state index is 12.9. The number of rotatable bonds is 5. The molecule has 1 aliphatic carbocycles. The van der Waals surface area contributed by atoms with Crippen LogP contribution in [0.25, 0.3) is 0 Å². The summed E-state index contributed by atoms with van der Waals surface area (Å²) in [5.41, 5.74) is 1.15. The van der Waals surface area contributed by atoms with Crippen molar-refractivity contribution in [2.75, 3.05) is 19.0 Å². The molecule has 0 saturated heterocycles. The predicted molar refractivity (Wildman–Crippen MR) is 83.8 cm³/mol. The Morgan fingerprint density at radius 2 is 2.14 bits per heavy atom. The summed E-state index contributed by atoms with van der Waals surface area (Å²) in [6.07, 6.45) is 5.17. The molecule has 0 spiro atoms. The largest absolute Gasteiger partial charge is 0.492 e. The Morgan fingerprint density at radius 1 is 1.33 bits per heavy atom. The molecular formula is C17H22ClNO2. The Morgan fingerprint density at radius 3 is 2.86 bits per heavy atom. The van der Waals surface area contributed by atoms with Crippen molar-refractivity contribution in [3.05, 3.63) is 29.8 Å². The fourth-order valence-electron chi connectivity index (χ4n) is 3.12. The van der Waals surface area contributed by atoms with Gasteiger partial charge in [0.15, 0.2) is 0 Å². The lowest BCUT2D eigenvalue weighted by Crippen LogP contribution is -2.49. The number of hydrogen-bond acceptors (Lipinski definition) is 2. The number of amides is 1. The standard InChI is InChI=1S/C17H22ClNO2/c18-9-4-10-19(15-6-3-7-15)17(20)14-11-13-5-1-2-8-16(13)21-12-14/h1-2,5,8,14-15H,3-4,6-7,9-12H2. The minimum atomic E-state index is -0.0455. The van der Waals surface area contributed by atoms with Gasteiger partial charge in [-0.2, -0.15) is 0 Å². The molecule has 0 bridgehead atoms. The molecule has 21 heavy (non-hydrogen) atoms. The fourth-order valence-corrected chi connectivity index (χ4v) is 3.24. The van der Waals surface area contributed by atoms with E-state index in [1.807, 2.05) is 18.2 Å². The molecule has 0 radical (unpaired) electrons. The molecule has 1 amide bonds. The van der Waals surface area contributed by atoms with Crippen LogP contribution in [-0.2, 0) is 11.2 Å². The van der Waals surface area contributed by atoms with E-state index in [4.69, 9.17) is 16.3 Å². The maximum atomic E-state index is 12.9. The highest BCUT2D eigenvalue weighted by Gasteiger charge is 2.34. The van der Waals surface area contributed by atoms with Gasteiger partial charge >= 0.3 is 0 Å². The number of ether oxygens (including phenoxy) is 1. The molecule has 114 valence electrons. The van der Waals surface area contributed by atoms with E-state index in [2.05, 4.69) is 11.0 Å². The van der Waals surface area contributed by atoms with Crippen LogP contribution in [-0.4, -0.2) is 35.9 Å². The van der Waals surface area contributed by atoms with Crippen LogP contribution in [0.2, 0.25) is 0 Å². The van der Waals surface area contributed by atoms with Gasteiger partial charge in [0.1, 0.15) is 12.4 Å². The van der Waals surface area contributed by atoms with Crippen LogP contribution in [0.3, 0.4) is 0 Å². The zero-order valence-corrected chi connectivity index (χ0v) is 13.0.